The maximum Gasteiger partial charge on any atom is 0.341 e. The summed E-state index contributed by atoms with van der Waals surface area (Å²) in [5, 5.41) is 5.20. The van der Waals surface area contributed by atoms with Crippen molar-refractivity contribution in [3.63, 3.8) is 0 Å². The number of carbonyl (C=O) groups excluding carboxylic acids is 3. The molecule has 1 saturated carbocycles. The first-order valence-electron chi connectivity index (χ1n) is 9.01. The largest absolute Gasteiger partial charge is 0.462 e. The molecule has 0 unspecified atom stereocenters. The average molecular weight is 422 g/mol. The van der Waals surface area contributed by atoms with Crippen LogP contribution in [-0.4, -0.2) is 31.1 Å². The number of ether oxygens (including phenoxy) is 2. The first-order chi connectivity index (χ1) is 13.5. The summed E-state index contributed by atoms with van der Waals surface area (Å²) in [6, 6.07) is 7.12. The standard InChI is InChI=1S/C20H20ClNO5S/c1-2-26-20(25)17-14(13-8-3-4-9-15(13)21)11-28-18(17)22-16(23)10-27-19(24)12-6-5-7-12/h3-4,8-9,11-12H,2,5-7,10H2,1H3,(H,22,23). The average Bonchev–Trinajstić information content (AvgIpc) is 3.02. The number of thiophene rings is 1. The summed E-state index contributed by atoms with van der Waals surface area (Å²) in [4.78, 5) is 36.5. The molecule has 1 aliphatic rings. The Bertz CT molecular complexity index is 890. The summed E-state index contributed by atoms with van der Waals surface area (Å²) in [6.45, 7) is 1.51. The van der Waals surface area contributed by atoms with E-state index >= 15 is 0 Å². The molecule has 1 fully saturated rings. The van der Waals surface area contributed by atoms with E-state index in [4.69, 9.17) is 21.1 Å². The fourth-order valence-corrected chi connectivity index (χ4v) is 4.00. The van der Waals surface area contributed by atoms with Gasteiger partial charge in [-0.15, -0.1) is 11.3 Å². The van der Waals surface area contributed by atoms with Crippen LogP contribution < -0.4 is 5.32 Å². The number of esters is 2. The molecule has 148 valence electrons. The van der Waals surface area contributed by atoms with Crippen LogP contribution in [0.1, 0.15) is 36.5 Å². The van der Waals surface area contributed by atoms with Crippen molar-refractivity contribution in [3.8, 4) is 11.1 Å². The molecular formula is C20H20ClNO5S. The van der Waals surface area contributed by atoms with Crippen LogP contribution in [0.25, 0.3) is 11.1 Å². The summed E-state index contributed by atoms with van der Waals surface area (Å²) < 4.78 is 10.2. The highest BCUT2D eigenvalue weighted by atomic mass is 35.5. The van der Waals surface area contributed by atoms with Crippen LogP contribution >= 0.6 is 22.9 Å². The molecule has 1 aromatic carbocycles. The van der Waals surface area contributed by atoms with E-state index in [-0.39, 0.29) is 24.1 Å². The zero-order valence-corrected chi connectivity index (χ0v) is 16.9. The summed E-state index contributed by atoms with van der Waals surface area (Å²) >= 11 is 7.46. The van der Waals surface area contributed by atoms with E-state index in [0.717, 1.165) is 19.3 Å². The number of amides is 1. The Morgan fingerprint density at radius 2 is 1.93 bits per heavy atom. The maximum absolute atomic E-state index is 12.5. The predicted molar refractivity (Wildman–Crippen MR) is 108 cm³/mol. The first-order valence-corrected chi connectivity index (χ1v) is 10.3. The number of rotatable bonds is 7. The van der Waals surface area contributed by atoms with Crippen LogP contribution in [0.4, 0.5) is 5.00 Å². The van der Waals surface area contributed by atoms with Crippen molar-refractivity contribution in [2.45, 2.75) is 26.2 Å². The quantitative estimate of drug-likeness (QED) is 0.664. The minimum Gasteiger partial charge on any atom is -0.462 e. The molecule has 1 N–H and O–H groups in total. The van der Waals surface area contributed by atoms with Gasteiger partial charge >= 0.3 is 11.9 Å². The van der Waals surface area contributed by atoms with Crippen LogP contribution in [0.15, 0.2) is 29.6 Å². The third-order valence-corrected chi connectivity index (χ3v) is 5.70. The molecule has 1 heterocycles. The van der Waals surface area contributed by atoms with E-state index in [1.807, 2.05) is 6.07 Å². The lowest BCUT2D eigenvalue weighted by atomic mass is 9.86. The Labute approximate surface area is 171 Å². The number of benzene rings is 1. The zero-order valence-electron chi connectivity index (χ0n) is 15.3. The highest BCUT2D eigenvalue weighted by Gasteiger charge is 2.28. The summed E-state index contributed by atoms with van der Waals surface area (Å²) in [6.07, 6.45) is 2.62. The first kappa shape index (κ1) is 20.4. The molecule has 1 aromatic heterocycles. The molecule has 1 amide bonds. The molecule has 3 rings (SSSR count). The molecule has 0 saturated heterocycles. The van der Waals surface area contributed by atoms with Crippen molar-refractivity contribution in [1.29, 1.82) is 0 Å². The van der Waals surface area contributed by atoms with Gasteiger partial charge in [0.2, 0.25) is 0 Å². The number of carbonyl (C=O) groups is 3. The molecular weight excluding hydrogens is 402 g/mol. The van der Waals surface area contributed by atoms with E-state index in [0.29, 0.717) is 21.2 Å². The molecule has 1 aliphatic carbocycles. The van der Waals surface area contributed by atoms with Gasteiger partial charge in [-0.3, -0.25) is 9.59 Å². The highest BCUT2D eigenvalue weighted by molar-refractivity contribution is 7.15. The second kappa shape index (κ2) is 9.21. The molecule has 0 bridgehead atoms. The van der Waals surface area contributed by atoms with Gasteiger partial charge in [0.25, 0.3) is 5.91 Å². The summed E-state index contributed by atoms with van der Waals surface area (Å²) in [5.74, 6) is -1.52. The minimum atomic E-state index is -0.555. The maximum atomic E-state index is 12.5. The summed E-state index contributed by atoms with van der Waals surface area (Å²) in [5.41, 5.74) is 1.48. The molecule has 2 aromatic rings. The van der Waals surface area contributed by atoms with Crippen molar-refractivity contribution in [3.05, 3.63) is 40.2 Å². The van der Waals surface area contributed by atoms with Gasteiger partial charge < -0.3 is 14.8 Å². The van der Waals surface area contributed by atoms with Crippen LogP contribution in [-0.2, 0) is 19.1 Å². The zero-order chi connectivity index (χ0) is 20.1. The van der Waals surface area contributed by atoms with Gasteiger partial charge in [0.05, 0.1) is 12.5 Å². The van der Waals surface area contributed by atoms with Gasteiger partial charge in [0.1, 0.15) is 10.6 Å². The monoisotopic (exact) mass is 421 g/mol. The van der Waals surface area contributed by atoms with Crippen molar-refractivity contribution >= 4 is 45.8 Å². The van der Waals surface area contributed by atoms with E-state index in [2.05, 4.69) is 5.32 Å². The van der Waals surface area contributed by atoms with Gasteiger partial charge in [0.15, 0.2) is 6.61 Å². The fraction of sp³-hybridized carbons (Fsp3) is 0.350. The lowest BCUT2D eigenvalue weighted by Gasteiger charge is -2.22. The van der Waals surface area contributed by atoms with E-state index < -0.39 is 18.5 Å². The van der Waals surface area contributed by atoms with Crippen molar-refractivity contribution in [1.82, 2.24) is 0 Å². The Morgan fingerprint density at radius 1 is 1.18 bits per heavy atom. The fourth-order valence-electron chi connectivity index (χ4n) is 2.79. The predicted octanol–water partition coefficient (Wildman–Crippen LogP) is 4.53. The number of halogens is 1. The Morgan fingerprint density at radius 3 is 2.57 bits per heavy atom. The van der Waals surface area contributed by atoms with Crippen LogP contribution in [0, 0.1) is 5.92 Å². The molecule has 0 spiro atoms. The lowest BCUT2D eigenvalue weighted by molar-refractivity contribution is -0.154. The molecule has 0 aliphatic heterocycles. The van der Waals surface area contributed by atoms with Gasteiger partial charge in [-0.05, 0) is 25.8 Å². The second-order valence-corrected chi connectivity index (χ2v) is 7.62. The molecule has 28 heavy (non-hydrogen) atoms. The molecule has 0 atom stereocenters. The number of hydrogen-bond acceptors (Lipinski definition) is 6. The van der Waals surface area contributed by atoms with Gasteiger partial charge in [-0.2, -0.15) is 0 Å². The number of nitrogens with one attached hydrogen (secondary N) is 1. The van der Waals surface area contributed by atoms with Gasteiger partial charge in [-0.1, -0.05) is 36.2 Å². The third-order valence-electron chi connectivity index (χ3n) is 4.47. The van der Waals surface area contributed by atoms with E-state index in [9.17, 15) is 14.4 Å². The molecule has 6 nitrogen and oxygen atoms in total. The Balaban J connectivity index is 1.78. The van der Waals surface area contributed by atoms with Gasteiger partial charge in [-0.25, -0.2) is 4.79 Å². The van der Waals surface area contributed by atoms with E-state index in [1.165, 1.54) is 11.3 Å². The molecule has 8 heteroatoms. The van der Waals surface area contributed by atoms with Crippen molar-refractivity contribution in [2.24, 2.45) is 5.92 Å². The van der Waals surface area contributed by atoms with Crippen molar-refractivity contribution < 1.29 is 23.9 Å². The normalized spacial score (nSPS) is 13.5. The lowest BCUT2D eigenvalue weighted by Crippen LogP contribution is -2.28. The highest BCUT2D eigenvalue weighted by Crippen LogP contribution is 2.39. The third kappa shape index (κ3) is 4.54. The minimum absolute atomic E-state index is 0.101. The topological polar surface area (TPSA) is 81.7 Å². The van der Waals surface area contributed by atoms with Gasteiger partial charge in [0, 0.05) is 21.5 Å². The van der Waals surface area contributed by atoms with Crippen LogP contribution in [0.3, 0.4) is 0 Å². The number of hydrogen-bond donors (Lipinski definition) is 1. The van der Waals surface area contributed by atoms with Crippen LogP contribution in [0.2, 0.25) is 5.02 Å². The van der Waals surface area contributed by atoms with Crippen molar-refractivity contribution in [2.75, 3.05) is 18.5 Å². The number of anilines is 1. The van der Waals surface area contributed by atoms with Crippen LogP contribution in [0.5, 0.6) is 0 Å². The smallest absolute Gasteiger partial charge is 0.341 e. The second-order valence-electron chi connectivity index (χ2n) is 6.34. The summed E-state index contributed by atoms with van der Waals surface area (Å²) in [7, 11) is 0. The SMILES string of the molecule is CCOC(=O)c1c(-c2ccccc2Cl)csc1NC(=O)COC(=O)C1CCC1. The molecule has 0 radical (unpaired) electrons. The Kier molecular flexibility index (Phi) is 6.70. The van der Waals surface area contributed by atoms with E-state index in [1.54, 1.807) is 30.5 Å². The Hall–Kier alpha value is -2.38.